The molecule has 2 unspecified atom stereocenters. The van der Waals surface area contributed by atoms with Crippen molar-refractivity contribution in [3.05, 3.63) is 16.1 Å². The quantitative estimate of drug-likeness (QED) is 0.893. The van der Waals surface area contributed by atoms with Crippen LogP contribution in [0.1, 0.15) is 45.3 Å². The van der Waals surface area contributed by atoms with E-state index in [1.807, 2.05) is 0 Å². The predicted octanol–water partition coefficient (Wildman–Crippen LogP) is 2.62. The van der Waals surface area contributed by atoms with Gasteiger partial charge in [0.1, 0.15) is 0 Å². The normalized spacial score (nSPS) is 26.5. The van der Waals surface area contributed by atoms with E-state index in [1.54, 1.807) is 11.3 Å². The number of hydrogen-bond acceptors (Lipinski definition) is 4. The van der Waals surface area contributed by atoms with Crippen LogP contribution in [-0.2, 0) is 12.0 Å². The maximum absolute atomic E-state index is 4.80. The highest BCUT2D eigenvalue weighted by molar-refractivity contribution is 7.09. The molecule has 0 aliphatic carbocycles. The monoisotopic (exact) mass is 267 g/mol. The van der Waals surface area contributed by atoms with Gasteiger partial charge in [0, 0.05) is 42.5 Å². The molecule has 1 saturated heterocycles. The molecule has 1 aliphatic heterocycles. The first-order valence-corrected chi connectivity index (χ1v) is 7.67. The van der Waals surface area contributed by atoms with Gasteiger partial charge in [0.05, 0.1) is 10.7 Å². The van der Waals surface area contributed by atoms with Crippen LogP contribution in [0.3, 0.4) is 0 Å². The zero-order valence-corrected chi connectivity index (χ0v) is 13.0. The van der Waals surface area contributed by atoms with Crippen molar-refractivity contribution in [3.63, 3.8) is 0 Å². The second kappa shape index (κ2) is 5.27. The van der Waals surface area contributed by atoms with E-state index in [4.69, 9.17) is 4.98 Å². The maximum Gasteiger partial charge on any atom is 0.0982 e. The topological polar surface area (TPSA) is 28.2 Å². The van der Waals surface area contributed by atoms with Crippen LogP contribution in [-0.4, -0.2) is 35.1 Å². The van der Waals surface area contributed by atoms with Gasteiger partial charge >= 0.3 is 0 Å². The number of aromatic nitrogens is 1. The molecule has 0 aromatic carbocycles. The van der Waals surface area contributed by atoms with Crippen LogP contribution in [0.2, 0.25) is 0 Å². The van der Waals surface area contributed by atoms with Crippen molar-refractivity contribution in [2.24, 2.45) is 0 Å². The smallest absolute Gasteiger partial charge is 0.0982 e. The molecule has 0 saturated carbocycles. The van der Waals surface area contributed by atoms with Crippen LogP contribution >= 0.6 is 11.3 Å². The van der Waals surface area contributed by atoms with Crippen LogP contribution in [0, 0.1) is 0 Å². The van der Waals surface area contributed by atoms with Crippen LogP contribution < -0.4 is 5.32 Å². The first-order chi connectivity index (χ1) is 8.38. The van der Waals surface area contributed by atoms with E-state index in [-0.39, 0.29) is 5.41 Å². The molecule has 1 aliphatic rings. The van der Waals surface area contributed by atoms with E-state index in [1.165, 1.54) is 10.7 Å². The van der Waals surface area contributed by atoms with Crippen molar-refractivity contribution in [1.82, 2.24) is 15.2 Å². The summed E-state index contributed by atoms with van der Waals surface area (Å²) < 4.78 is 0. The number of nitrogens with zero attached hydrogens (tertiary/aromatic N) is 2. The van der Waals surface area contributed by atoms with Gasteiger partial charge in [-0.3, -0.25) is 4.90 Å². The fourth-order valence-corrected chi connectivity index (χ4v) is 3.29. The Morgan fingerprint density at radius 3 is 2.44 bits per heavy atom. The zero-order chi connectivity index (χ0) is 13.3. The number of piperazine rings is 1. The molecular weight excluding hydrogens is 242 g/mol. The lowest BCUT2D eigenvalue weighted by Crippen LogP contribution is -2.54. The molecule has 0 radical (unpaired) electrons. The lowest BCUT2D eigenvalue weighted by molar-refractivity contribution is 0.107. The van der Waals surface area contributed by atoms with Gasteiger partial charge < -0.3 is 5.32 Å². The highest BCUT2D eigenvalue weighted by atomic mass is 32.1. The average Bonchev–Trinajstić information content (AvgIpc) is 2.72. The van der Waals surface area contributed by atoms with Gasteiger partial charge in [-0.05, 0) is 13.8 Å². The summed E-state index contributed by atoms with van der Waals surface area (Å²) in [4.78, 5) is 7.35. The molecule has 1 aromatic heterocycles. The van der Waals surface area contributed by atoms with Gasteiger partial charge in [0.2, 0.25) is 0 Å². The molecule has 0 spiro atoms. The Labute approximate surface area is 115 Å². The summed E-state index contributed by atoms with van der Waals surface area (Å²) in [6, 6.07) is 1.18. The fourth-order valence-electron chi connectivity index (χ4n) is 2.39. The van der Waals surface area contributed by atoms with Gasteiger partial charge in [-0.25, -0.2) is 4.98 Å². The van der Waals surface area contributed by atoms with Crippen molar-refractivity contribution < 1.29 is 0 Å². The van der Waals surface area contributed by atoms with Gasteiger partial charge in [-0.2, -0.15) is 0 Å². The van der Waals surface area contributed by atoms with Crippen LogP contribution in [0.15, 0.2) is 5.38 Å². The number of nitrogens with one attached hydrogen (secondary N) is 1. The minimum absolute atomic E-state index is 0.170. The summed E-state index contributed by atoms with van der Waals surface area (Å²) in [5.41, 5.74) is 1.40. The van der Waals surface area contributed by atoms with E-state index in [2.05, 4.69) is 50.2 Å². The molecule has 4 heteroatoms. The maximum atomic E-state index is 4.80. The Kier molecular flexibility index (Phi) is 4.09. The van der Waals surface area contributed by atoms with Crippen molar-refractivity contribution >= 4 is 11.3 Å². The first-order valence-electron chi connectivity index (χ1n) is 6.79. The third-order valence-electron chi connectivity index (χ3n) is 3.55. The second-order valence-corrected chi connectivity index (χ2v) is 7.28. The molecule has 2 atom stereocenters. The standard InChI is InChI=1S/C14H25N3S/c1-10-6-15-7-11(2)17(10)8-12-9-18-13(16-12)14(3,4)5/h9-11,15H,6-8H2,1-5H3. The van der Waals surface area contributed by atoms with Crippen molar-refractivity contribution in [2.75, 3.05) is 13.1 Å². The predicted molar refractivity (Wildman–Crippen MR) is 78.2 cm³/mol. The minimum Gasteiger partial charge on any atom is -0.314 e. The Morgan fingerprint density at radius 1 is 1.33 bits per heavy atom. The average molecular weight is 267 g/mol. The largest absolute Gasteiger partial charge is 0.314 e. The number of hydrogen-bond donors (Lipinski definition) is 1. The van der Waals surface area contributed by atoms with Crippen molar-refractivity contribution in [3.8, 4) is 0 Å². The van der Waals surface area contributed by atoms with E-state index >= 15 is 0 Å². The van der Waals surface area contributed by atoms with Gasteiger partial charge in [0.25, 0.3) is 0 Å². The SMILES string of the molecule is CC1CNCC(C)N1Cc1csc(C(C)(C)C)n1. The molecule has 0 bridgehead atoms. The molecular formula is C14H25N3S. The summed E-state index contributed by atoms with van der Waals surface area (Å²) >= 11 is 1.79. The molecule has 3 nitrogen and oxygen atoms in total. The summed E-state index contributed by atoms with van der Waals surface area (Å²) in [5, 5.41) is 6.94. The van der Waals surface area contributed by atoms with E-state index in [9.17, 15) is 0 Å². The molecule has 18 heavy (non-hydrogen) atoms. The van der Waals surface area contributed by atoms with Crippen LogP contribution in [0.25, 0.3) is 0 Å². The highest BCUT2D eigenvalue weighted by Crippen LogP contribution is 2.26. The lowest BCUT2D eigenvalue weighted by atomic mass is 9.98. The molecule has 0 amide bonds. The summed E-state index contributed by atoms with van der Waals surface area (Å²) in [5.74, 6) is 0. The summed E-state index contributed by atoms with van der Waals surface area (Å²) in [6.45, 7) is 14.4. The molecule has 1 N–H and O–H groups in total. The lowest BCUT2D eigenvalue weighted by Gasteiger charge is -2.39. The van der Waals surface area contributed by atoms with Crippen molar-refractivity contribution in [1.29, 1.82) is 0 Å². The summed E-state index contributed by atoms with van der Waals surface area (Å²) in [7, 11) is 0. The molecule has 2 heterocycles. The van der Waals surface area contributed by atoms with Gasteiger partial charge in [-0.1, -0.05) is 20.8 Å². The second-order valence-electron chi connectivity index (χ2n) is 6.42. The molecule has 2 rings (SSSR count). The Balaban J connectivity index is 2.06. The van der Waals surface area contributed by atoms with Crippen molar-refractivity contribution in [2.45, 2.75) is 58.7 Å². The number of rotatable bonds is 2. The van der Waals surface area contributed by atoms with Gasteiger partial charge in [-0.15, -0.1) is 11.3 Å². The van der Waals surface area contributed by atoms with Crippen LogP contribution in [0.5, 0.6) is 0 Å². The first kappa shape index (κ1) is 14.0. The van der Waals surface area contributed by atoms with E-state index < -0.39 is 0 Å². The Bertz CT molecular complexity index is 384. The number of thiazole rings is 1. The molecule has 1 fully saturated rings. The summed E-state index contributed by atoms with van der Waals surface area (Å²) in [6.07, 6.45) is 0. The molecule has 1 aromatic rings. The Hall–Kier alpha value is -0.450. The van der Waals surface area contributed by atoms with Crippen LogP contribution in [0.4, 0.5) is 0 Å². The van der Waals surface area contributed by atoms with E-state index in [0.717, 1.165) is 19.6 Å². The highest BCUT2D eigenvalue weighted by Gasteiger charge is 2.26. The molecule has 102 valence electrons. The zero-order valence-electron chi connectivity index (χ0n) is 12.2. The van der Waals surface area contributed by atoms with E-state index in [0.29, 0.717) is 12.1 Å². The Morgan fingerprint density at radius 2 is 1.94 bits per heavy atom. The third kappa shape index (κ3) is 3.11. The third-order valence-corrected chi connectivity index (χ3v) is 4.87. The minimum atomic E-state index is 0.170. The van der Waals surface area contributed by atoms with Gasteiger partial charge in [0.15, 0.2) is 0 Å². The fraction of sp³-hybridized carbons (Fsp3) is 0.786.